The zero-order valence-electron chi connectivity index (χ0n) is 6.83. The first kappa shape index (κ1) is 12.4. The van der Waals surface area contributed by atoms with Crippen molar-refractivity contribution in [3.63, 3.8) is 0 Å². The molecule has 13 heteroatoms. The zero-order chi connectivity index (χ0) is 10.5. The van der Waals surface area contributed by atoms with Gasteiger partial charge in [0.25, 0.3) is 0 Å². The summed E-state index contributed by atoms with van der Waals surface area (Å²) in [5.74, 6) is 5.08. The summed E-state index contributed by atoms with van der Waals surface area (Å²) in [4.78, 5) is 0. The Morgan fingerprint density at radius 3 is 1.77 bits per heavy atom. The van der Waals surface area contributed by atoms with Crippen molar-refractivity contribution in [3.8, 4) is 0 Å². The van der Waals surface area contributed by atoms with Gasteiger partial charge in [0, 0.05) is 0 Å². The van der Waals surface area contributed by atoms with Crippen molar-refractivity contribution in [3.05, 3.63) is 0 Å². The van der Waals surface area contributed by atoms with Crippen LogP contribution in [-0.4, -0.2) is 43.1 Å². The maximum absolute atomic E-state index is 7.47. The van der Waals surface area contributed by atoms with Crippen molar-refractivity contribution in [1.82, 2.24) is 0 Å². The molecule has 0 bridgehead atoms. The second-order valence-corrected chi connectivity index (χ2v) is 16.3. The van der Waals surface area contributed by atoms with E-state index in [-0.39, 0.29) is 0 Å². The predicted molar refractivity (Wildman–Crippen MR) is 56.2 cm³/mol. The van der Waals surface area contributed by atoms with E-state index < -0.39 is 23.1 Å². The molecule has 0 fully saturated rings. The van der Waals surface area contributed by atoms with Crippen LogP contribution in [0.4, 0.5) is 0 Å². The Morgan fingerprint density at radius 2 is 1.69 bits per heavy atom. The first-order chi connectivity index (χ1) is 6.08. The van der Waals surface area contributed by atoms with E-state index in [0.717, 1.165) is 20.0 Å². The summed E-state index contributed by atoms with van der Waals surface area (Å²) in [7, 11) is -3.83. The van der Waals surface area contributed by atoms with E-state index in [4.69, 9.17) is 32.2 Å². The van der Waals surface area contributed by atoms with E-state index in [0.29, 0.717) is 0 Å². The molecule has 64 valence electrons. The van der Waals surface area contributed by atoms with Gasteiger partial charge in [0.1, 0.15) is 0 Å². The first-order valence-electron chi connectivity index (χ1n) is 3.25. The van der Waals surface area contributed by atoms with Crippen LogP contribution in [0.3, 0.4) is 0 Å². The third-order valence-corrected chi connectivity index (χ3v) is 17.3. The summed E-state index contributed by atoms with van der Waals surface area (Å²) in [5, 5.41) is 34.4. The molecule has 0 unspecified atom stereocenters. The van der Waals surface area contributed by atoms with Gasteiger partial charge >= 0.3 is 80.1 Å². The summed E-state index contributed by atoms with van der Waals surface area (Å²) in [5.41, 5.74) is 0. The van der Waals surface area contributed by atoms with Gasteiger partial charge in [-0.05, 0) is 0 Å². The minimum atomic E-state index is -2.75. The molecule has 0 aromatic rings. The normalized spacial score (nSPS) is 14.6. The van der Waals surface area contributed by atoms with Crippen LogP contribution in [0, 0.1) is 21.0 Å². The maximum atomic E-state index is 7.47. The van der Waals surface area contributed by atoms with Gasteiger partial charge in [-0.15, -0.1) is 0 Å². The topological polar surface area (TPSA) is 160 Å². The van der Waals surface area contributed by atoms with Gasteiger partial charge in [-0.3, -0.25) is 0 Å². The number of nitrogens with two attached hydrogens (primary N) is 2. The third kappa shape index (κ3) is 2.22. The van der Waals surface area contributed by atoms with E-state index in [1.54, 1.807) is 0 Å². The quantitative estimate of drug-likeness (QED) is 0.179. The van der Waals surface area contributed by atoms with Crippen molar-refractivity contribution >= 4 is 43.1 Å². The van der Waals surface area contributed by atoms with Gasteiger partial charge in [0.2, 0.25) is 0 Å². The number of hydrogen-bond donors (Lipinski definition) is 6. The molecular weight excluding hydrogens is 215 g/mol. The van der Waals surface area contributed by atoms with Gasteiger partial charge in [0.15, 0.2) is 0 Å². The average molecular weight is 223 g/mol. The van der Waals surface area contributed by atoms with Gasteiger partial charge in [-0.1, -0.05) is 0 Å². The molecule has 0 spiro atoms. The first-order valence-corrected chi connectivity index (χ1v) is 10.5. The predicted octanol–water partition coefficient (Wildman–Crippen LogP) is -2.09. The molecule has 0 heterocycles. The molecule has 8 N–H and O–H groups in total. The second-order valence-electron chi connectivity index (χ2n) is 2.23. The molecule has 13 heavy (non-hydrogen) atoms. The van der Waals surface area contributed by atoms with Gasteiger partial charge in [-0.2, -0.15) is 0 Å². The molecule has 0 aliphatic heterocycles. The molecule has 0 aliphatic rings. The monoisotopic (exact) mass is 223 g/mol. The molecule has 0 aromatic heterocycles. The van der Waals surface area contributed by atoms with Crippen LogP contribution in [0.15, 0.2) is 4.74 Å². The average Bonchev–Trinajstić information content (AvgIpc) is 2.13. The summed E-state index contributed by atoms with van der Waals surface area (Å²) >= 11 is 0. The molecule has 0 rings (SSSR count). The molecule has 0 saturated heterocycles. The molecule has 0 radical (unpaired) electrons. The van der Waals surface area contributed by atoms with E-state index >= 15 is 0 Å². The summed E-state index contributed by atoms with van der Waals surface area (Å²) < 4.78 is 3.49. The van der Waals surface area contributed by atoms with Gasteiger partial charge < -0.3 is 0 Å². The van der Waals surface area contributed by atoms with Crippen LogP contribution in [0.2, 0.25) is 0 Å². The van der Waals surface area contributed by atoms with Crippen LogP contribution in [0.1, 0.15) is 0 Å². The molecular formula is H8B3N7Si3. The fourth-order valence-corrected chi connectivity index (χ4v) is 9.96. The van der Waals surface area contributed by atoms with Crippen molar-refractivity contribution in [1.29, 1.82) is 21.0 Å². The molecule has 0 atom stereocenters. The van der Waals surface area contributed by atoms with E-state index in [9.17, 15) is 0 Å². The Morgan fingerprint density at radius 1 is 1.23 bits per heavy atom. The molecule has 0 amide bonds. The summed E-state index contributed by atoms with van der Waals surface area (Å²) in [6.07, 6.45) is 0. The third-order valence-electron chi connectivity index (χ3n) is 1.60. The van der Waals surface area contributed by atoms with Crippen molar-refractivity contribution < 1.29 is 0 Å². The minimum absolute atomic E-state index is 1.05. The zero-order valence-corrected chi connectivity index (χ0v) is 9.83. The van der Waals surface area contributed by atoms with Crippen LogP contribution in [0.5, 0.6) is 0 Å². The Balaban J connectivity index is 5.45. The van der Waals surface area contributed by atoms with Crippen LogP contribution in [-0.2, 0) is 0 Å². The van der Waals surface area contributed by atoms with Crippen LogP contribution >= 0.6 is 0 Å². The number of nitrogens with one attached hydrogen (secondary N) is 4. The Labute approximate surface area is 80.5 Å². The van der Waals surface area contributed by atoms with Gasteiger partial charge in [0.05, 0.1) is 0 Å². The van der Waals surface area contributed by atoms with E-state index in [2.05, 4.69) is 4.74 Å². The van der Waals surface area contributed by atoms with Crippen LogP contribution < -0.4 is 11.2 Å². The SMILES string of the molecule is N=B/[Si](=N\N)[Si](B=N)(B=N)[Si](=N)N. The molecule has 7 nitrogen and oxygen atoms in total. The number of nitrogens with zero attached hydrogens (tertiary/aromatic N) is 1. The summed E-state index contributed by atoms with van der Waals surface area (Å²) in [6.45, 7) is 0.406. The van der Waals surface area contributed by atoms with Gasteiger partial charge in [-0.25, -0.2) is 0 Å². The fourth-order valence-electron chi connectivity index (χ4n) is 0.747. The van der Waals surface area contributed by atoms with Crippen molar-refractivity contribution in [2.24, 2.45) is 16.0 Å². The molecule has 0 aromatic carbocycles. The fraction of sp³-hybridized carbons (Fsp3) is 0. The summed E-state index contributed by atoms with van der Waals surface area (Å²) in [6, 6.07) is 0. The second kappa shape index (κ2) is 5.23. The standard InChI is InChI=1S/B3H8N7Si3/c4-1-11(10-7)13(2-5,3-6)12(8)9/h4-6,8H,7,9H2/b11-10+,12-8?. The van der Waals surface area contributed by atoms with E-state index in [1.807, 2.05) is 0 Å². The molecule has 0 saturated carbocycles. The van der Waals surface area contributed by atoms with Crippen LogP contribution in [0.25, 0.3) is 0 Å². The van der Waals surface area contributed by atoms with Crippen molar-refractivity contribution in [2.75, 3.05) is 0 Å². The molecule has 0 aliphatic carbocycles. The Kier molecular flexibility index (Phi) is 5.01. The number of hydrogen-bond acceptors (Lipinski definition) is 6. The number of rotatable bonds is 5. The van der Waals surface area contributed by atoms with E-state index in [1.165, 1.54) is 0 Å². The van der Waals surface area contributed by atoms with Crippen molar-refractivity contribution in [2.45, 2.75) is 0 Å². The Bertz CT molecular complexity index is 275. The Hall–Kier alpha value is -0.555.